The summed E-state index contributed by atoms with van der Waals surface area (Å²) in [6.45, 7) is 9.42. The third kappa shape index (κ3) is 3.81. The van der Waals surface area contributed by atoms with Gasteiger partial charge in [0.2, 0.25) is 0 Å². The Morgan fingerprint density at radius 2 is 2.07 bits per heavy atom. The summed E-state index contributed by atoms with van der Waals surface area (Å²) in [4.78, 5) is 4.30. The fourth-order valence-electron chi connectivity index (χ4n) is 1.10. The lowest BCUT2D eigenvalue weighted by Crippen LogP contribution is -2.10. The lowest BCUT2D eigenvalue weighted by Gasteiger charge is -2.07. The van der Waals surface area contributed by atoms with E-state index in [1.807, 2.05) is 37.3 Å². The van der Waals surface area contributed by atoms with Crippen LogP contribution >= 0.6 is 0 Å². The molecule has 0 aliphatic heterocycles. The maximum Gasteiger partial charge on any atom is 0.106 e. The van der Waals surface area contributed by atoms with Gasteiger partial charge in [-0.05, 0) is 18.2 Å². The van der Waals surface area contributed by atoms with E-state index >= 15 is 0 Å². The van der Waals surface area contributed by atoms with Crippen molar-refractivity contribution in [3.05, 3.63) is 55.3 Å². The van der Waals surface area contributed by atoms with Gasteiger partial charge in [0.05, 0.1) is 5.70 Å². The lowest BCUT2D eigenvalue weighted by molar-refractivity contribution is 1.24. The summed E-state index contributed by atoms with van der Waals surface area (Å²) in [5, 5.41) is 3.24. The van der Waals surface area contributed by atoms with E-state index in [1.165, 1.54) is 0 Å². The van der Waals surface area contributed by atoms with Crippen molar-refractivity contribution in [1.29, 1.82) is 0 Å². The zero-order valence-corrected chi connectivity index (χ0v) is 9.03. The van der Waals surface area contributed by atoms with E-state index in [0.29, 0.717) is 5.70 Å². The highest BCUT2D eigenvalue weighted by Gasteiger charge is 1.96. The molecule has 1 rings (SSSR count). The molecule has 0 spiro atoms. The minimum absolute atomic E-state index is 0.676. The molecule has 0 atom stereocenters. The standard InChI is InChI=1S/C13H16N2/c1-4-11(3)14-13(5-2)15-12-9-7-6-8-10-12/h4,6-10H,1,3,5H2,2H3,(H,14,15). The van der Waals surface area contributed by atoms with Crippen LogP contribution in [0.15, 0.2) is 60.3 Å². The topological polar surface area (TPSA) is 24.4 Å². The molecule has 0 saturated heterocycles. The second kappa shape index (κ2) is 5.81. The molecule has 2 nitrogen and oxygen atoms in total. The zero-order valence-electron chi connectivity index (χ0n) is 9.03. The Labute approximate surface area is 91.1 Å². The van der Waals surface area contributed by atoms with Crippen molar-refractivity contribution in [2.45, 2.75) is 13.3 Å². The maximum atomic E-state index is 4.30. The molecule has 0 heterocycles. The van der Waals surface area contributed by atoms with Gasteiger partial charge in [-0.2, -0.15) is 0 Å². The minimum Gasteiger partial charge on any atom is -0.344 e. The predicted octanol–water partition coefficient (Wildman–Crippen LogP) is 3.61. The Bertz CT molecular complexity index is 363. The van der Waals surface area contributed by atoms with Gasteiger partial charge in [-0.25, -0.2) is 4.99 Å². The monoisotopic (exact) mass is 200 g/mol. The van der Waals surface area contributed by atoms with E-state index in [1.54, 1.807) is 6.08 Å². The molecule has 0 saturated carbocycles. The fourth-order valence-corrected chi connectivity index (χ4v) is 1.10. The van der Waals surface area contributed by atoms with Gasteiger partial charge in [0, 0.05) is 12.1 Å². The molecule has 2 heteroatoms. The van der Waals surface area contributed by atoms with E-state index < -0.39 is 0 Å². The molecule has 78 valence electrons. The van der Waals surface area contributed by atoms with E-state index in [9.17, 15) is 0 Å². The molecule has 0 amide bonds. The summed E-state index contributed by atoms with van der Waals surface area (Å²) < 4.78 is 0. The summed E-state index contributed by atoms with van der Waals surface area (Å²) in [5.41, 5.74) is 1.71. The molecule has 0 aliphatic rings. The van der Waals surface area contributed by atoms with Crippen LogP contribution in [-0.2, 0) is 0 Å². The third-order valence-electron chi connectivity index (χ3n) is 1.91. The minimum atomic E-state index is 0.676. The molecule has 0 aromatic heterocycles. The Hall–Kier alpha value is -1.83. The second-order valence-electron chi connectivity index (χ2n) is 3.10. The number of anilines is 1. The van der Waals surface area contributed by atoms with Gasteiger partial charge in [-0.15, -0.1) is 0 Å². The van der Waals surface area contributed by atoms with E-state index in [-0.39, 0.29) is 0 Å². The van der Waals surface area contributed by atoms with Gasteiger partial charge in [-0.1, -0.05) is 38.3 Å². The smallest absolute Gasteiger partial charge is 0.106 e. The molecular formula is C13H16N2. The molecule has 0 fully saturated rings. The summed E-state index contributed by atoms with van der Waals surface area (Å²) in [5.74, 6) is 0.895. The van der Waals surface area contributed by atoms with Crippen molar-refractivity contribution < 1.29 is 0 Å². The normalized spacial score (nSPS) is 10.9. The van der Waals surface area contributed by atoms with Gasteiger partial charge < -0.3 is 5.32 Å². The predicted molar refractivity (Wildman–Crippen MR) is 67.1 cm³/mol. The molecule has 1 N–H and O–H groups in total. The van der Waals surface area contributed by atoms with Crippen LogP contribution in [0.3, 0.4) is 0 Å². The highest BCUT2D eigenvalue weighted by atomic mass is 15.0. The largest absolute Gasteiger partial charge is 0.344 e. The average Bonchev–Trinajstić information content (AvgIpc) is 2.29. The Balaban J connectivity index is 2.74. The SMILES string of the molecule is C=CC(=C)N=C(CC)Nc1ccccc1. The van der Waals surface area contributed by atoms with Gasteiger partial charge in [0.1, 0.15) is 5.84 Å². The number of hydrogen-bond acceptors (Lipinski definition) is 1. The van der Waals surface area contributed by atoms with Gasteiger partial charge in [0.25, 0.3) is 0 Å². The number of rotatable bonds is 4. The highest BCUT2D eigenvalue weighted by Crippen LogP contribution is 2.07. The Morgan fingerprint density at radius 1 is 1.40 bits per heavy atom. The van der Waals surface area contributed by atoms with E-state index in [2.05, 4.69) is 23.5 Å². The Morgan fingerprint density at radius 3 is 2.60 bits per heavy atom. The molecule has 15 heavy (non-hydrogen) atoms. The number of nitrogens with zero attached hydrogens (tertiary/aromatic N) is 1. The van der Waals surface area contributed by atoms with Crippen LogP contribution in [0.1, 0.15) is 13.3 Å². The van der Waals surface area contributed by atoms with Crippen molar-refractivity contribution in [3.8, 4) is 0 Å². The first-order valence-electron chi connectivity index (χ1n) is 4.97. The molecule has 0 radical (unpaired) electrons. The number of benzene rings is 1. The summed E-state index contributed by atoms with van der Waals surface area (Å²) >= 11 is 0. The van der Waals surface area contributed by atoms with Crippen molar-refractivity contribution in [3.63, 3.8) is 0 Å². The zero-order chi connectivity index (χ0) is 11.1. The van der Waals surface area contributed by atoms with Crippen LogP contribution in [0.25, 0.3) is 0 Å². The molecule has 0 unspecified atom stereocenters. The van der Waals surface area contributed by atoms with Crippen molar-refractivity contribution in [1.82, 2.24) is 0 Å². The number of hydrogen-bond donors (Lipinski definition) is 1. The molecule has 0 aliphatic carbocycles. The van der Waals surface area contributed by atoms with Gasteiger partial charge in [0.15, 0.2) is 0 Å². The number of aliphatic imine (C=N–C) groups is 1. The van der Waals surface area contributed by atoms with Crippen molar-refractivity contribution in [2.75, 3.05) is 5.32 Å². The van der Waals surface area contributed by atoms with Crippen LogP contribution in [0.2, 0.25) is 0 Å². The first-order valence-corrected chi connectivity index (χ1v) is 4.97. The molecule has 1 aromatic carbocycles. The van der Waals surface area contributed by atoms with Crippen LogP contribution in [0, 0.1) is 0 Å². The van der Waals surface area contributed by atoms with Gasteiger partial charge in [-0.3, -0.25) is 0 Å². The number of nitrogens with one attached hydrogen (secondary N) is 1. The second-order valence-corrected chi connectivity index (χ2v) is 3.10. The maximum absolute atomic E-state index is 4.30. The summed E-state index contributed by atoms with van der Waals surface area (Å²) in [6.07, 6.45) is 2.48. The first kappa shape index (κ1) is 11.2. The number of para-hydroxylation sites is 1. The van der Waals surface area contributed by atoms with Crippen molar-refractivity contribution in [2.24, 2.45) is 4.99 Å². The fraction of sp³-hybridized carbons (Fsp3) is 0.154. The van der Waals surface area contributed by atoms with Crippen molar-refractivity contribution >= 4 is 11.5 Å². The average molecular weight is 200 g/mol. The lowest BCUT2D eigenvalue weighted by atomic mass is 10.3. The number of allylic oxidation sites excluding steroid dienone is 1. The van der Waals surface area contributed by atoms with E-state index in [0.717, 1.165) is 17.9 Å². The molecule has 1 aromatic rings. The number of amidine groups is 1. The summed E-state index contributed by atoms with van der Waals surface area (Å²) in [6, 6.07) is 9.95. The van der Waals surface area contributed by atoms with Crippen LogP contribution in [0.5, 0.6) is 0 Å². The van der Waals surface area contributed by atoms with Crippen LogP contribution < -0.4 is 5.32 Å². The van der Waals surface area contributed by atoms with Crippen LogP contribution in [0.4, 0.5) is 5.69 Å². The quantitative estimate of drug-likeness (QED) is 0.448. The van der Waals surface area contributed by atoms with Gasteiger partial charge >= 0.3 is 0 Å². The van der Waals surface area contributed by atoms with E-state index in [4.69, 9.17) is 0 Å². The highest BCUT2D eigenvalue weighted by molar-refractivity contribution is 5.95. The van der Waals surface area contributed by atoms with Crippen LogP contribution in [-0.4, -0.2) is 5.84 Å². The Kier molecular flexibility index (Phi) is 4.35. The molecule has 0 bridgehead atoms. The first-order chi connectivity index (χ1) is 7.26. The third-order valence-corrected chi connectivity index (χ3v) is 1.91. The molecular weight excluding hydrogens is 184 g/mol. The summed E-state index contributed by atoms with van der Waals surface area (Å²) in [7, 11) is 0.